The normalized spacial score (nSPS) is 27.1. The number of aromatic nitrogens is 2. The van der Waals surface area contributed by atoms with Gasteiger partial charge in [-0.3, -0.25) is 9.09 Å². The SMILES string of the molecule is CCCC(CC)Oc1ccn([C@@H]2O[C@H](COP(=O)(O)OP(=O)(O)O)[C@@H](O)[C@H]2O)c(=O)n1. The minimum atomic E-state index is -5.32. The molecule has 0 aromatic carbocycles. The van der Waals surface area contributed by atoms with Crippen LogP contribution in [0.1, 0.15) is 39.3 Å². The molecule has 1 fully saturated rings. The number of phosphoric ester groups is 1. The Hall–Kier alpha value is -1.18. The van der Waals surface area contributed by atoms with Gasteiger partial charge in [0, 0.05) is 12.3 Å². The maximum atomic E-state index is 12.4. The topological polar surface area (TPSA) is 207 Å². The molecular formula is C15H26N2O12P2. The van der Waals surface area contributed by atoms with E-state index in [9.17, 15) is 29.0 Å². The molecular weight excluding hydrogens is 462 g/mol. The monoisotopic (exact) mass is 488 g/mol. The first-order chi connectivity index (χ1) is 14.4. The molecule has 6 atom stereocenters. The van der Waals surface area contributed by atoms with E-state index in [1.165, 1.54) is 12.3 Å². The molecule has 2 heterocycles. The van der Waals surface area contributed by atoms with Crippen LogP contribution < -0.4 is 10.4 Å². The largest absolute Gasteiger partial charge is 0.481 e. The average Bonchev–Trinajstić information content (AvgIpc) is 2.93. The summed E-state index contributed by atoms with van der Waals surface area (Å²) in [6.45, 7) is 3.06. The zero-order chi connectivity index (χ0) is 23.4. The molecule has 0 spiro atoms. The predicted octanol–water partition coefficient (Wildman–Crippen LogP) is 0.0463. The molecule has 0 bridgehead atoms. The molecule has 0 saturated carbocycles. The maximum Gasteiger partial charge on any atom is 0.481 e. The van der Waals surface area contributed by atoms with Gasteiger partial charge in [-0.15, -0.1) is 0 Å². The van der Waals surface area contributed by atoms with E-state index in [0.29, 0.717) is 0 Å². The van der Waals surface area contributed by atoms with Crippen LogP contribution in [0.4, 0.5) is 0 Å². The minimum Gasteiger partial charge on any atom is -0.474 e. The number of ether oxygens (including phenoxy) is 2. The van der Waals surface area contributed by atoms with Crippen LogP contribution in [0.15, 0.2) is 17.1 Å². The minimum absolute atomic E-state index is 0.0882. The molecule has 31 heavy (non-hydrogen) atoms. The second-order valence-corrected chi connectivity index (χ2v) is 9.60. The second kappa shape index (κ2) is 10.6. The number of phosphoric acid groups is 2. The van der Waals surface area contributed by atoms with E-state index in [4.69, 9.17) is 19.3 Å². The summed E-state index contributed by atoms with van der Waals surface area (Å²) in [4.78, 5) is 42.6. The van der Waals surface area contributed by atoms with Crippen molar-refractivity contribution in [3.8, 4) is 5.88 Å². The third kappa shape index (κ3) is 7.43. The third-order valence-electron chi connectivity index (χ3n) is 4.38. The van der Waals surface area contributed by atoms with Crippen LogP contribution in [0.5, 0.6) is 5.88 Å². The third-order valence-corrected chi connectivity index (χ3v) is 6.53. The van der Waals surface area contributed by atoms with Gasteiger partial charge in [0.25, 0.3) is 0 Å². The van der Waals surface area contributed by atoms with Gasteiger partial charge in [0.1, 0.15) is 24.4 Å². The fourth-order valence-electron chi connectivity index (χ4n) is 2.92. The van der Waals surface area contributed by atoms with Gasteiger partial charge in [-0.2, -0.15) is 9.29 Å². The lowest BCUT2D eigenvalue weighted by atomic mass is 10.1. The number of hydrogen-bond donors (Lipinski definition) is 5. The van der Waals surface area contributed by atoms with Gasteiger partial charge in [0.05, 0.1) is 6.61 Å². The van der Waals surface area contributed by atoms with Crippen molar-refractivity contribution in [3.05, 3.63) is 22.7 Å². The van der Waals surface area contributed by atoms with E-state index in [-0.39, 0.29) is 12.0 Å². The highest BCUT2D eigenvalue weighted by atomic mass is 31.3. The predicted molar refractivity (Wildman–Crippen MR) is 103 cm³/mol. The Labute approximate surface area is 177 Å². The summed E-state index contributed by atoms with van der Waals surface area (Å²) in [5.74, 6) is 0.0882. The first kappa shape index (κ1) is 26.1. The van der Waals surface area contributed by atoms with Crippen molar-refractivity contribution in [2.24, 2.45) is 0 Å². The molecule has 1 aromatic heterocycles. The lowest BCUT2D eigenvalue weighted by Gasteiger charge is -2.19. The zero-order valence-corrected chi connectivity index (χ0v) is 18.5. The Morgan fingerprint density at radius 2 is 1.90 bits per heavy atom. The molecule has 1 aromatic rings. The van der Waals surface area contributed by atoms with Gasteiger partial charge in [0.2, 0.25) is 5.88 Å². The molecule has 14 nitrogen and oxygen atoms in total. The lowest BCUT2D eigenvalue weighted by Crippen LogP contribution is -2.36. The van der Waals surface area contributed by atoms with Crippen molar-refractivity contribution >= 4 is 15.6 Å². The van der Waals surface area contributed by atoms with E-state index in [1.54, 1.807) is 0 Å². The Kier molecular flexibility index (Phi) is 8.94. The molecule has 16 heteroatoms. The van der Waals surface area contributed by atoms with Crippen LogP contribution in [0.25, 0.3) is 0 Å². The summed E-state index contributed by atoms with van der Waals surface area (Å²) < 4.78 is 42.1. The Morgan fingerprint density at radius 3 is 2.45 bits per heavy atom. The van der Waals surface area contributed by atoms with Crippen molar-refractivity contribution in [1.29, 1.82) is 0 Å². The number of aliphatic hydroxyl groups is 2. The zero-order valence-electron chi connectivity index (χ0n) is 16.8. The van der Waals surface area contributed by atoms with Gasteiger partial charge in [0.15, 0.2) is 6.23 Å². The van der Waals surface area contributed by atoms with E-state index in [0.717, 1.165) is 23.8 Å². The van der Waals surface area contributed by atoms with Crippen LogP contribution in [0.2, 0.25) is 0 Å². The van der Waals surface area contributed by atoms with Crippen LogP contribution in [0.3, 0.4) is 0 Å². The highest BCUT2D eigenvalue weighted by Crippen LogP contribution is 2.57. The van der Waals surface area contributed by atoms with Crippen molar-refractivity contribution in [2.75, 3.05) is 6.61 Å². The number of rotatable bonds is 11. The molecule has 5 N–H and O–H groups in total. The maximum absolute atomic E-state index is 12.4. The van der Waals surface area contributed by atoms with E-state index in [2.05, 4.69) is 13.8 Å². The smallest absolute Gasteiger partial charge is 0.474 e. The molecule has 178 valence electrons. The molecule has 0 amide bonds. The van der Waals surface area contributed by atoms with Crippen LogP contribution >= 0.6 is 15.6 Å². The number of hydrogen-bond acceptors (Lipinski definition) is 10. The van der Waals surface area contributed by atoms with Crippen molar-refractivity contribution in [3.63, 3.8) is 0 Å². The van der Waals surface area contributed by atoms with Crippen molar-refractivity contribution in [1.82, 2.24) is 9.55 Å². The molecule has 1 aliphatic heterocycles. The van der Waals surface area contributed by atoms with Crippen molar-refractivity contribution in [2.45, 2.75) is 63.8 Å². The fourth-order valence-corrected chi connectivity index (χ4v) is 4.52. The number of nitrogens with zero attached hydrogens (tertiary/aromatic N) is 2. The highest BCUT2D eigenvalue weighted by Gasteiger charge is 2.45. The quantitative estimate of drug-likeness (QED) is 0.261. The van der Waals surface area contributed by atoms with E-state index in [1.807, 2.05) is 13.8 Å². The van der Waals surface area contributed by atoms with Gasteiger partial charge >= 0.3 is 21.3 Å². The molecule has 1 saturated heterocycles. The summed E-state index contributed by atoms with van der Waals surface area (Å²) in [6.07, 6.45) is -2.60. The fraction of sp³-hybridized carbons (Fsp3) is 0.733. The van der Waals surface area contributed by atoms with Gasteiger partial charge in [-0.25, -0.2) is 13.9 Å². The molecule has 0 radical (unpaired) electrons. The van der Waals surface area contributed by atoms with Gasteiger partial charge in [-0.05, 0) is 12.8 Å². The lowest BCUT2D eigenvalue weighted by molar-refractivity contribution is -0.0543. The number of aliphatic hydroxyl groups excluding tert-OH is 2. The van der Waals surface area contributed by atoms with Crippen LogP contribution in [-0.2, 0) is 22.7 Å². The Morgan fingerprint density at radius 1 is 1.23 bits per heavy atom. The molecule has 1 aliphatic rings. The first-order valence-electron chi connectivity index (χ1n) is 9.38. The van der Waals surface area contributed by atoms with Gasteiger partial charge in [-0.1, -0.05) is 20.3 Å². The standard InChI is InChI=1S/C15H26N2O12P2/c1-3-5-9(4-2)27-11-6-7-17(15(20)16-11)14-13(19)12(18)10(28-14)8-26-31(24,25)29-30(21,22)23/h6-7,9-10,12-14,18-19H,3-5,8H2,1-2H3,(H,24,25)(H2,21,22,23)/t9?,10-,12-,13-,14-/m1/s1. The Balaban J connectivity index is 2.08. The van der Waals surface area contributed by atoms with Gasteiger partial charge < -0.3 is 34.4 Å². The van der Waals surface area contributed by atoms with Crippen LogP contribution in [-0.4, -0.2) is 65.5 Å². The van der Waals surface area contributed by atoms with Crippen LogP contribution in [0, 0.1) is 0 Å². The summed E-state index contributed by atoms with van der Waals surface area (Å²) in [7, 11) is -10.5. The van der Waals surface area contributed by atoms with E-state index >= 15 is 0 Å². The summed E-state index contributed by atoms with van der Waals surface area (Å²) in [6, 6.07) is 1.39. The average molecular weight is 488 g/mol. The summed E-state index contributed by atoms with van der Waals surface area (Å²) in [5.41, 5.74) is -0.834. The first-order valence-corrected chi connectivity index (χ1v) is 12.4. The summed E-state index contributed by atoms with van der Waals surface area (Å²) in [5, 5.41) is 20.3. The molecule has 2 unspecified atom stereocenters. The molecule has 2 rings (SSSR count). The van der Waals surface area contributed by atoms with E-state index < -0.39 is 52.5 Å². The second-order valence-electron chi connectivity index (χ2n) is 6.78. The summed E-state index contributed by atoms with van der Waals surface area (Å²) >= 11 is 0. The van der Waals surface area contributed by atoms with Crippen molar-refractivity contribution < 1.29 is 52.3 Å². The highest BCUT2D eigenvalue weighted by molar-refractivity contribution is 7.60. The molecule has 0 aliphatic carbocycles. The Bertz CT molecular complexity index is 889.